The minimum Gasteiger partial charge on any atom is -0.314 e. The van der Waals surface area contributed by atoms with E-state index in [1.165, 1.54) is 11.8 Å². The number of halogens is 3. The number of thioether (sulfide) groups is 1. The Bertz CT molecular complexity index is 387. The second-order valence-corrected chi connectivity index (χ2v) is 5.15. The van der Waals surface area contributed by atoms with Crippen LogP contribution in [0.3, 0.4) is 0 Å². The first-order chi connectivity index (χ1) is 8.50. The first-order valence-electron chi connectivity index (χ1n) is 5.68. The molecule has 0 amide bonds. The van der Waals surface area contributed by atoms with Gasteiger partial charge < -0.3 is 5.32 Å². The van der Waals surface area contributed by atoms with Crippen molar-refractivity contribution in [2.24, 2.45) is 0 Å². The molecule has 1 heterocycles. The molecule has 0 spiro atoms. The van der Waals surface area contributed by atoms with Gasteiger partial charge in [0.1, 0.15) is 6.04 Å². The van der Waals surface area contributed by atoms with Gasteiger partial charge in [-0.15, -0.1) is 11.8 Å². The van der Waals surface area contributed by atoms with Crippen LogP contribution in [-0.4, -0.2) is 31.6 Å². The van der Waals surface area contributed by atoms with Gasteiger partial charge in [-0.2, -0.15) is 13.2 Å². The summed E-state index contributed by atoms with van der Waals surface area (Å²) in [5, 5.41) is 5.61. The van der Waals surface area contributed by atoms with E-state index in [-0.39, 0.29) is 11.6 Å². The lowest BCUT2D eigenvalue weighted by Gasteiger charge is -2.33. The molecular formula is C12H15F3N2S. The molecule has 2 nitrogen and oxygen atoms in total. The number of nitrogens with one attached hydrogen (secondary N) is 2. The van der Waals surface area contributed by atoms with Crippen LogP contribution in [0.2, 0.25) is 0 Å². The highest BCUT2D eigenvalue weighted by molar-refractivity contribution is 7.98. The van der Waals surface area contributed by atoms with Crippen molar-refractivity contribution in [2.45, 2.75) is 23.2 Å². The zero-order chi connectivity index (χ0) is 13.2. The lowest BCUT2D eigenvalue weighted by molar-refractivity contribution is -0.160. The Balaban J connectivity index is 2.15. The molecule has 18 heavy (non-hydrogen) atoms. The van der Waals surface area contributed by atoms with E-state index in [4.69, 9.17) is 0 Å². The minimum atomic E-state index is -4.27. The Morgan fingerprint density at radius 3 is 2.28 bits per heavy atom. The van der Waals surface area contributed by atoms with Crippen molar-refractivity contribution in [1.82, 2.24) is 10.6 Å². The predicted molar refractivity (Wildman–Crippen MR) is 66.8 cm³/mol. The lowest BCUT2D eigenvalue weighted by Crippen LogP contribution is -2.57. The van der Waals surface area contributed by atoms with Crippen LogP contribution in [0.5, 0.6) is 0 Å². The van der Waals surface area contributed by atoms with Gasteiger partial charge in [-0.25, -0.2) is 0 Å². The first kappa shape index (κ1) is 13.7. The van der Waals surface area contributed by atoms with E-state index in [0.717, 1.165) is 4.90 Å². The first-order valence-corrected chi connectivity index (χ1v) is 6.90. The largest absolute Gasteiger partial charge is 0.407 e. The summed E-state index contributed by atoms with van der Waals surface area (Å²) in [6.07, 6.45) is -2.37. The third kappa shape index (κ3) is 3.18. The molecule has 0 aliphatic carbocycles. The second kappa shape index (κ2) is 5.50. The highest BCUT2D eigenvalue weighted by atomic mass is 32.2. The molecular weight excluding hydrogens is 261 g/mol. The van der Waals surface area contributed by atoms with Crippen molar-refractivity contribution in [3.63, 3.8) is 0 Å². The molecule has 2 N–H and O–H groups in total. The van der Waals surface area contributed by atoms with Crippen LogP contribution >= 0.6 is 11.8 Å². The third-order valence-electron chi connectivity index (χ3n) is 2.96. The van der Waals surface area contributed by atoms with Gasteiger partial charge in [-0.1, -0.05) is 12.1 Å². The van der Waals surface area contributed by atoms with Gasteiger partial charge in [0, 0.05) is 24.0 Å². The molecule has 100 valence electrons. The fourth-order valence-electron chi connectivity index (χ4n) is 1.82. The molecule has 1 aliphatic heterocycles. The molecule has 6 heteroatoms. The summed E-state index contributed by atoms with van der Waals surface area (Å²) in [5.74, 6) is 0. The maximum Gasteiger partial charge on any atom is 0.407 e. The van der Waals surface area contributed by atoms with Crippen molar-refractivity contribution in [1.29, 1.82) is 0 Å². The number of hydrogen-bond acceptors (Lipinski definition) is 3. The Morgan fingerprint density at radius 1 is 1.28 bits per heavy atom. The van der Waals surface area contributed by atoms with E-state index in [1.54, 1.807) is 24.3 Å². The van der Waals surface area contributed by atoms with Crippen LogP contribution in [0.4, 0.5) is 13.2 Å². The molecule has 0 radical (unpaired) electrons. The summed E-state index contributed by atoms with van der Waals surface area (Å²) < 4.78 is 39.1. The van der Waals surface area contributed by atoms with Crippen molar-refractivity contribution in [2.75, 3.05) is 19.3 Å². The van der Waals surface area contributed by atoms with Gasteiger partial charge in [-0.3, -0.25) is 5.32 Å². The zero-order valence-electron chi connectivity index (χ0n) is 9.92. The monoisotopic (exact) mass is 276 g/mol. The molecule has 1 aliphatic rings. The van der Waals surface area contributed by atoms with Crippen LogP contribution in [0.1, 0.15) is 11.6 Å². The maximum absolute atomic E-state index is 13.0. The van der Waals surface area contributed by atoms with Crippen LogP contribution in [-0.2, 0) is 0 Å². The Kier molecular flexibility index (Phi) is 4.19. The van der Waals surface area contributed by atoms with Gasteiger partial charge in [0.05, 0.1) is 0 Å². The van der Waals surface area contributed by atoms with Gasteiger partial charge in [-0.05, 0) is 24.0 Å². The van der Waals surface area contributed by atoms with Crippen LogP contribution in [0, 0.1) is 0 Å². The van der Waals surface area contributed by atoms with E-state index in [1.807, 2.05) is 6.26 Å². The summed E-state index contributed by atoms with van der Waals surface area (Å²) in [7, 11) is 0. The molecule has 1 aromatic carbocycles. The van der Waals surface area contributed by atoms with E-state index in [2.05, 4.69) is 10.6 Å². The van der Waals surface area contributed by atoms with E-state index in [0.29, 0.717) is 13.1 Å². The summed E-state index contributed by atoms with van der Waals surface area (Å²) in [6.45, 7) is 1.19. The minimum absolute atomic E-state index is 0.100. The van der Waals surface area contributed by atoms with Crippen molar-refractivity contribution < 1.29 is 13.2 Å². The summed E-state index contributed by atoms with van der Waals surface area (Å²) in [6, 6.07) is 4.85. The van der Waals surface area contributed by atoms with Gasteiger partial charge in [0.2, 0.25) is 0 Å². The molecule has 1 saturated heterocycles. The number of benzene rings is 1. The van der Waals surface area contributed by atoms with Crippen LogP contribution in [0.25, 0.3) is 0 Å². The van der Waals surface area contributed by atoms with E-state index in [9.17, 15) is 13.2 Å². The summed E-state index contributed by atoms with van der Waals surface area (Å²) in [4.78, 5) is 0.963. The average molecular weight is 276 g/mol. The molecule has 0 saturated carbocycles. The second-order valence-electron chi connectivity index (χ2n) is 4.27. The molecule has 2 rings (SSSR count). The summed E-state index contributed by atoms with van der Waals surface area (Å²) >= 11 is 1.51. The number of hydrogen-bond donors (Lipinski definition) is 2. The third-order valence-corrected chi connectivity index (χ3v) is 3.70. The normalized spacial score (nSPS) is 18.4. The van der Waals surface area contributed by atoms with Gasteiger partial charge in [0.15, 0.2) is 0 Å². The fraction of sp³-hybridized carbons (Fsp3) is 0.500. The SMILES string of the molecule is CSc1ccc(C(NC2CNC2)C(F)(F)F)cc1. The lowest BCUT2D eigenvalue weighted by atomic mass is 10.0. The molecule has 1 atom stereocenters. The smallest absolute Gasteiger partial charge is 0.314 e. The quantitative estimate of drug-likeness (QED) is 0.827. The fourth-order valence-corrected chi connectivity index (χ4v) is 2.23. The van der Waals surface area contributed by atoms with Crippen LogP contribution < -0.4 is 10.6 Å². The molecule has 1 aromatic rings. The standard InChI is InChI=1S/C12H15F3N2S/c1-18-10-4-2-8(3-5-10)11(12(13,14)15)17-9-6-16-7-9/h2-5,9,11,16-17H,6-7H2,1H3. The number of rotatable bonds is 4. The van der Waals surface area contributed by atoms with Crippen molar-refractivity contribution in [3.8, 4) is 0 Å². The van der Waals surface area contributed by atoms with Gasteiger partial charge >= 0.3 is 6.18 Å². The Morgan fingerprint density at radius 2 is 1.89 bits per heavy atom. The topological polar surface area (TPSA) is 24.1 Å². The molecule has 1 unspecified atom stereocenters. The Labute approximate surface area is 108 Å². The Hall–Kier alpha value is -0.720. The van der Waals surface area contributed by atoms with Crippen molar-refractivity contribution in [3.05, 3.63) is 29.8 Å². The van der Waals surface area contributed by atoms with Crippen molar-refractivity contribution >= 4 is 11.8 Å². The highest BCUT2D eigenvalue weighted by Gasteiger charge is 2.42. The molecule has 0 bridgehead atoms. The van der Waals surface area contributed by atoms with Crippen LogP contribution in [0.15, 0.2) is 29.2 Å². The summed E-state index contributed by atoms with van der Waals surface area (Å²) in [5.41, 5.74) is 0.271. The molecule has 1 fully saturated rings. The zero-order valence-corrected chi connectivity index (χ0v) is 10.7. The average Bonchev–Trinajstić information content (AvgIpc) is 2.26. The maximum atomic E-state index is 13.0. The highest BCUT2D eigenvalue weighted by Crippen LogP contribution is 2.34. The molecule has 0 aromatic heterocycles. The van der Waals surface area contributed by atoms with Gasteiger partial charge in [0.25, 0.3) is 0 Å². The van der Waals surface area contributed by atoms with E-state index < -0.39 is 12.2 Å². The number of alkyl halides is 3. The van der Waals surface area contributed by atoms with E-state index >= 15 is 0 Å². The predicted octanol–water partition coefficient (Wildman–Crippen LogP) is 2.57.